The van der Waals surface area contributed by atoms with Gasteiger partial charge in [0.05, 0.1) is 6.10 Å². The smallest absolute Gasteiger partial charge is 0.251 e. The van der Waals surface area contributed by atoms with E-state index in [1.807, 2.05) is 11.8 Å². The summed E-state index contributed by atoms with van der Waals surface area (Å²) in [5, 5.41) is 10.0. The Labute approximate surface area is 134 Å². The van der Waals surface area contributed by atoms with Crippen molar-refractivity contribution in [3.8, 4) is 0 Å². The molecule has 5 nitrogen and oxygen atoms in total. The van der Waals surface area contributed by atoms with E-state index in [0.717, 1.165) is 51.9 Å². The van der Waals surface area contributed by atoms with Gasteiger partial charge < -0.3 is 14.7 Å². The number of hydrogen-bond acceptors (Lipinski definition) is 4. The fourth-order valence-corrected chi connectivity index (χ4v) is 3.43. The summed E-state index contributed by atoms with van der Waals surface area (Å²) >= 11 is 0. The molecule has 1 amide bonds. The summed E-state index contributed by atoms with van der Waals surface area (Å²) in [4.78, 5) is 16.7. The Morgan fingerprint density at radius 2 is 1.86 bits per heavy atom. The summed E-state index contributed by atoms with van der Waals surface area (Å²) in [5.74, 6) is 0.707. The molecule has 1 saturated heterocycles. The van der Waals surface area contributed by atoms with Crippen LogP contribution in [0.4, 0.5) is 0 Å². The van der Waals surface area contributed by atoms with Gasteiger partial charge in [-0.15, -0.1) is 0 Å². The monoisotopic (exact) mass is 312 g/mol. The first-order chi connectivity index (χ1) is 10.5. The SMILES string of the molecule is CC(C)CCOC(C)C(=O)N1CCN(C2CCCC2O)CC1. The maximum atomic E-state index is 12.4. The van der Waals surface area contributed by atoms with Crippen molar-refractivity contribution in [3.63, 3.8) is 0 Å². The number of aliphatic hydroxyl groups excluding tert-OH is 1. The minimum atomic E-state index is -0.345. The van der Waals surface area contributed by atoms with Crippen LogP contribution in [-0.4, -0.2) is 71.8 Å². The standard InChI is InChI=1S/C17H32N2O3/c1-13(2)7-12-22-14(3)17(21)19-10-8-18(9-11-19)15-5-4-6-16(15)20/h13-16,20H,4-12H2,1-3H3. The van der Waals surface area contributed by atoms with Gasteiger partial charge >= 0.3 is 0 Å². The summed E-state index contributed by atoms with van der Waals surface area (Å²) in [5.41, 5.74) is 0. The van der Waals surface area contributed by atoms with Crippen LogP contribution in [-0.2, 0) is 9.53 Å². The van der Waals surface area contributed by atoms with Gasteiger partial charge in [0, 0.05) is 38.8 Å². The molecule has 1 aliphatic carbocycles. The molecule has 22 heavy (non-hydrogen) atoms. The van der Waals surface area contributed by atoms with Gasteiger partial charge in [-0.05, 0) is 38.5 Å². The molecule has 1 N–H and O–H groups in total. The lowest BCUT2D eigenvalue weighted by Crippen LogP contribution is -2.55. The van der Waals surface area contributed by atoms with Gasteiger partial charge in [0.15, 0.2) is 0 Å². The van der Waals surface area contributed by atoms with Crippen molar-refractivity contribution in [2.45, 2.75) is 64.7 Å². The van der Waals surface area contributed by atoms with Gasteiger partial charge in [-0.25, -0.2) is 0 Å². The highest BCUT2D eigenvalue weighted by atomic mass is 16.5. The van der Waals surface area contributed by atoms with E-state index in [1.54, 1.807) is 0 Å². The third kappa shape index (κ3) is 4.67. The van der Waals surface area contributed by atoms with Crippen LogP contribution in [0.2, 0.25) is 0 Å². The van der Waals surface area contributed by atoms with Crippen molar-refractivity contribution in [1.82, 2.24) is 9.80 Å². The molecule has 1 heterocycles. The normalized spacial score (nSPS) is 28.3. The lowest BCUT2D eigenvalue weighted by atomic mass is 10.1. The molecule has 1 aliphatic heterocycles. The first kappa shape index (κ1) is 17.7. The zero-order chi connectivity index (χ0) is 16.1. The van der Waals surface area contributed by atoms with Crippen LogP contribution < -0.4 is 0 Å². The van der Waals surface area contributed by atoms with E-state index in [9.17, 15) is 9.90 Å². The highest BCUT2D eigenvalue weighted by molar-refractivity contribution is 5.80. The maximum absolute atomic E-state index is 12.4. The summed E-state index contributed by atoms with van der Waals surface area (Å²) in [6.45, 7) is 10.1. The van der Waals surface area contributed by atoms with Crippen LogP contribution >= 0.6 is 0 Å². The second-order valence-corrected chi connectivity index (χ2v) is 7.12. The zero-order valence-corrected chi connectivity index (χ0v) is 14.3. The molecular formula is C17H32N2O3. The summed E-state index contributed by atoms with van der Waals surface area (Å²) in [6.07, 6.45) is 3.59. The first-order valence-electron chi connectivity index (χ1n) is 8.81. The molecule has 0 radical (unpaired) electrons. The van der Waals surface area contributed by atoms with Gasteiger partial charge in [0.2, 0.25) is 0 Å². The van der Waals surface area contributed by atoms with Crippen molar-refractivity contribution in [1.29, 1.82) is 0 Å². The van der Waals surface area contributed by atoms with Crippen LogP contribution in [0.1, 0.15) is 46.5 Å². The number of hydrogen-bond donors (Lipinski definition) is 1. The minimum absolute atomic E-state index is 0.107. The molecule has 0 aromatic rings. The van der Waals surface area contributed by atoms with Gasteiger partial charge in [-0.2, -0.15) is 0 Å². The molecule has 0 bridgehead atoms. The van der Waals surface area contributed by atoms with Crippen molar-refractivity contribution in [2.75, 3.05) is 32.8 Å². The van der Waals surface area contributed by atoms with Gasteiger partial charge in [-0.3, -0.25) is 9.69 Å². The van der Waals surface area contributed by atoms with E-state index in [4.69, 9.17) is 4.74 Å². The fraction of sp³-hybridized carbons (Fsp3) is 0.941. The van der Waals surface area contributed by atoms with E-state index in [-0.39, 0.29) is 18.1 Å². The van der Waals surface area contributed by atoms with Gasteiger partial charge in [0.25, 0.3) is 5.91 Å². The molecule has 3 atom stereocenters. The largest absolute Gasteiger partial charge is 0.391 e. The Hall–Kier alpha value is -0.650. The predicted octanol–water partition coefficient (Wildman–Crippen LogP) is 1.50. The van der Waals surface area contributed by atoms with Gasteiger partial charge in [0.1, 0.15) is 6.10 Å². The van der Waals surface area contributed by atoms with Crippen LogP contribution in [0.5, 0.6) is 0 Å². The molecule has 1 saturated carbocycles. The van der Waals surface area contributed by atoms with Crippen molar-refractivity contribution < 1.29 is 14.6 Å². The van der Waals surface area contributed by atoms with E-state index in [1.165, 1.54) is 0 Å². The average molecular weight is 312 g/mol. The van der Waals surface area contributed by atoms with Crippen LogP contribution in [0, 0.1) is 5.92 Å². The average Bonchev–Trinajstić information content (AvgIpc) is 2.92. The zero-order valence-electron chi connectivity index (χ0n) is 14.3. The van der Waals surface area contributed by atoms with E-state index in [0.29, 0.717) is 18.6 Å². The molecule has 3 unspecified atom stereocenters. The number of nitrogens with zero attached hydrogens (tertiary/aromatic N) is 2. The van der Waals surface area contributed by atoms with Gasteiger partial charge in [-0.1, -0.05) is 13.8 Å². The first-order valence-corrected chi connectivity index (χ1v) is 8.81. The Bertz CT molecular complexity index is 354. The highest BCUT2D eigenvalue weighted by Crippen LogP contribution is 2.25. The van der Waals surface area contributed by atoms with E-state index < -0.39 is 0 Å². The van der Waals surface area contributed by atoms with Crippen molar-refractivity contribution >= 4 is 5.91 Å². The summed E-state index contributed by atoms with van der Waals surface area (Å²) < 4.78 is 5.67. The number of carbonyl (C=O) groups excluding carboxylic acids is 1. The third-order valence-electron chi connectivity index (χ3n) is 4.95. The molecule has 2 fully saturated rings. The maximum Gasteiger partial charge on any atom is 0.251 e. The molecular weight excluding hydrogens is 280 g/mol. The number of carbonyl (C=O) groups is 1. The van der Waals surface area contributed by atoms with Crippen LogP contribution in [0.25, 0.3) is 0 Å². The minimum Gasteiger partial charge on any atom is -0.391 e. The lowest BCUT2D eigenvalue weighted by molar-refractivity contribution is -0.145. The van der Waals surface area contributed by atoms with Crippen molar-refractivity contribution in [3.05, 3.63) is 0 Å². The van der Waals surface area contributed by atoms with E-state index >= 15 is 0 Å². The molecule has 5 heteroatoms. The summed E-state index contributed by atoms with van der Waals surface area (Å²) in [7, 11) is 0. The Morgan fingerprint density at radius 3 is 2.41 bits per heavy atom. The molecule has 0 spiro atoms. The number of rotatable bonds is 6. The quantitative estimate of drug-likeness (QED) is 0.807. The third-order valence-corrected chi connectivity index (χ3v) is 4.95. The summed E-state index contributed by atoms with van der Waals surface area (Å²) in [6, 6.07) is 0.303. The van der Waals surface area contributed by atoms with E-state index in [2.05, 4.69) is 18.7 Å². The Morgan fingerprint density at radius 1 is 1.18 bits per heavy atom. The molecule has 128 valence electrons. The lowest BCUT2D eigenvalue weighted by Gasteiger charge is -2.39. The number of aliphatic hydroxyl groups is 1. The van der Waals surface area contributed by atoms with Crippen molar-refractivity contribution in [2.24, 2.45) is 5.92 Å². The predicted molar refractivity (Wildman–Crippen MR) is 86.7 cm³/mol. The second-order valence-electron chi connectivity index (χ2n) is 7.12. The Balaban J connectivity index is 1.72. The van der Waals surface area contributed by atoms with Crippen LogP contribution in [0.3, 0.4) is 0 Å². The number of piperazine rings is 1. The molecule has 2 aliphatic rings. The molecule has 0 aromatic heterocycles. The fourth-order valence-electron chi connectivity index (χ4n) is 3.43. The topological polar surface area (TPSA) is 53.0 Å². The highest BCUT2D eigenvalue weighted by Gasteiger charge is 2.34. The molecule has 2 rings (SSSR count). The van der Waals surface area contributed by atoms with Crippen LogP contribution in [0.15, 0.2) is 0 Å². The molecule has 0 aromatic carbocycles. The number of amides is 1. The second kappa shape index (κ2) is 8.27. The Kier molecular flexibility index (Phi) is 6.66. The number of ether oxygens (including phenoxy) is 1.